The van der Waals surface area contributed by atoms with Crippen molar-refractivity contribution in [2.45, 2.75) is 15.2 Å². The Bertz CT molecular complexity index is 3860. The molecule has 1 aliphatic heterocycles. The molecule has 1 unspecified atom stereocenters. The van der Waals surface area contributed by atoms with Gasteiger partial charge in [-0.15, -0.1) is 0 Å². The number of hydrogen-bond acceptors (Lipinski definition) is 3. The second-order valence-electron chi connectivity index (χ2n) is 16.8. The van der Waals surface area contributed by atoms with E-state index in [4.69, 9.17) is 4.42 Å². The Labute approximate surface area is 368 Å². The highest BCUT2D eigenvalue weighted by Gasteiger charge is 2.48. The standard InChI is InChI=1S/C59H36N2OS/c1-2-16-38(17-3-1)61-52-25-9-5-19-43(52)44-31-28-39(34-53(44)61)60(40-29-32-46-45-20-6-10-26-54(45)62-55(46)35-40)41-30-33-50-57(36-41)63-56-27-11-8-23-49(56)59(50)48-22-7-4-18-42(48)47-21-12-14-37-15-13-24-51(59)58(37)47/h1-36H. The summed E-state index contributed by atoms with van der Waals surface area (Å²) in [7, 11) is 0. The van der Waals surface area contributed by atoms with Crippen LogP contribution < -0.4 is 4.90 Å². The van der Waals surface area contributed by atoms with E-state index in [2.05, 4.69) is 222 Å². The van der Waals surface area contributed by atoms with Crippen LogP contribution in [0.15, 0.2) is 233 Å². The molecule has 0 saturated carbocycles. The van der Waals surface area contributed by atoms with Gasteiger partial charge in [-0.2, -0.15) is 0 Å². The third-order valence-corrected chi connectivity index (χ3v) is 14.8. The minimum absolute atomic E-state index is 0.520. The fourth-order valence-electron chi connectivity index (χ4n) is 11.1. The fourth-order valence-corrected chi connectivity index (χ4v) is 12.3. The first-order valence-electron chi connectivity index (χ1n) is 21.6. The average molecular weight is 821 g/mol. The van der Waals surface area contributed by atoms with Crippen LogP contribution in [0.3, 0.4) is 0 Å². The number of furan rings is 1. The summed E-state index contributed by atoms with van der Waals surface area (Å²) in [6.45, 7) is 0. The first kappa shape index (κ1) is 34.9. The highest BCUT2D eigenvalue weighted by molar-refractivity contribution is 7.99. The van der Waals surface area contributed by atoms with Crippen LogP contribution in [0.2, 0.25) is 0 Å². The summed E-state index contributed by atoms with van der Waals surface area (Å²) >= 11 is 1.88. The maximum atomic E-state index is 6.56. The Hall–Kier alpha value is -7.79. The van der Waals surface area contributed by atoms with Crippen LogP contribution >= 0.6 is 11.8 Å². The molecule has 0 N–H and O–H groups in total. The number of aromatic nitrogens is 1. The van der Waals surface area contributed by atoms with Crippen LogP contribution in [0, 0.1) is 0 Å². The zero-order valence-electron chi connectivity index (χ0n) is 34.0. The van der Waals surface area contributed by atoms with Crippen molar-refractivity contribution >= 4 is 83.3 Å². The molecule has 1 aliphatic carbocycles. The Morgan fingerprint density at radius 2 is 1.02 bits per heavy atom. The van der Waals surface area contributed by atoms with Crippen molar-refractivity contribution in [3.63, 3.8) is 0 Å². The minimum atomic E-state index is -0.520. The van der Waals surface area contributed by atoms with E-state index in [9.17, 15) is 0 Å². The quantitative estimate of drug-likeness (QED) is 0.176. The van der Waals surface area contributed by atoms with E-state index in [1.54, 1.807) is 0 Å². The third kappa shape index (κ3) is 4.81. The van der Waals surface area contributed by atoms with E-state index in [1.807, 2.05) is 17.8 Å². The van der Waals surface area contributed by atoms with Gasteiger partial charge < -0.3 is 13.9 Å². The van der Waals surface area contributed by atoms with Gasteiger partial charge in [-0.1, -0.05) is 157 Å². The van der Waals surface area contributed by atoms with Crippen molar-refractivity contribution in [3.8, 4) is 16.8 Å². The van der Waals surface area contributed by atoms with Gasteiger partial charge in [-0.25, -0.2) is 0 Å². The molecule has 10 aromatic carbocycles. The lowest BCUT2D eigenvalue weighted by molar-refractivity contribution is 0.669. The van der Waals surface area contributed by atoms with Crippen molar-refractivity contribution in [2.24, 2.45) is 0 Å². The molecule has 294 valence electrons. The number of nitrogens with zero attached hydrogens (tertiary/aromatic N) is 2. The lowest BCUT2D eigenvalue weighted by Gasteiger charge is -2.46. The third-order valence-electron chi connectivity index (χ3n) is 13.6. The lowest BCUT2D eigenvalue weighted by Crippen LogP contribution is -2.36. The molecular weight excluding hydrogens is 785 g/mol. The van der Waals surface area contributed by atoms with Gasteiger partial charge >= 0.3 is 0 Å². The van der Waals surface area contributed by atoms with E-state index in [-0.39, 0.29) is 0 Å². The second kappa shape index (κ2) is 13.1. The van der Waals surface area contributed by atoms with E-state index < -0.39 is 5.41 Å². The molecule has 12 aromatic rings. The molecule has 0 amide bonds. The van der Waals surface area contributed by atoms with Crippen LogP contribution in [0.4, 0.5) is 17.1 Å². The maximum Gasteiger partial charge on any atom is 0.137 e. The molecule has 63 heavy (non-hydrogen) atoms. The molecule has 0 radical (unpaired) electrons. The summed E-state index contributed by atoms with van der Waals surface area (Å²) < 4.78 is 8.96. The molecule has 3 heterocycles. The Morgan fingerprint density at radius 3 is 1.92 bits per heavy atom. The van der Waals surface area contributed by atoms with Gasteiger partial charge in [-0.05, 0) is 111 Å². The number of para-hydroxylation sites is 3. The van der Waals surface area contributed by atoms with Gasteiger partial charge in [-0.3, -0.25) is 0 Å². The number of benzene rings is 10. The fraction of sp³-hybridized carbons (Fsp3) is 0.0169. The van der Waals surface area contributed by atoms with Crippen LogP contribution in [-0.4, -0.2) is 4.57 Å². The largest absolute Gasteiger partial charge is 0.456 e. The molecule has 2 aromatic heterocycles. The minimum Gasteiger partial charge on any atom is -0.456 e. The van der Waals surface area contributed by atoms with Crippen LogP contribution in [0.25, 0.3) is 71.3 Å². The molecule has 3 nitrogen and oxygen atoms in total. The second-order valence-corrected chi connectivity index (χ2v) is 17.9. The van der Waals surface area contributed by atoms with Crippen molar-refractivity contribution in [1.82, 2.24) is 4.57 Å². The summed E-state index contributed by atoms with van der Waals surface area (Å²) in [5.41, 5.74) is 15.8. The first-order valence-corrected chi connectivity index (χ1v) is 22.4. The average Bonchev–Trinajstić information content (AvgIpc) is 3.88. The highest BCUT2D eigenvalue weighted by Crippen LogP contribution is 2.62. The van der Waals surface area contributed by atoms with E-state index >= 15 is 0 Å². The van der Waals surface area contributed by atoms with Gasteiger partial charge in [0.1, 0.15) is 11.2 Å². The zero-order chi connectivity index (χ0) is 41.2. The Kier molecular flexibility index (Phi) is 7.26. The maximum absolute atomic E-state index is 6.56. The van der Waals surface area contributed by atoms with Crippen molar-refractivity contribution in [1.29, 1.82) is 0 Å². The summed E-state index contributed by atoms with van der Waals surface area (Å²) in [4.78, 5) is 4.93. The summed E-state index contributed by atoms with van der Waals surface area (Å²) in [5.74, 6) is 0. The van der Waals surface area contributed by atoms with E-state index in [1.165, 1.54) is 70.2 Å². The first-order chi connectivity index (χ1) is 31.2. The molecule has 0 fully saturated rings. The smallest absolute Gasteiger partial charge is 0.137 e. The number of rotatable bonds is 4. The van der Waals surface area contributed by atoms with E-state index in [0.717, 1.165) is 50.2 Å². The Morgan fingerprint density at radius 1 is 0.397 bits per heavy atom. The summed E-state index contributed by atoms with van der Waals surface area (Å²) in [5, 5.41) is 7.28. The Balaban J connectivity index is 1.04. The van der Waals surface area contributed by atoms with Crippen LogP contribution in [0.5, 0.6) is 0 Å². The molecule has 0 bridgehead atoms. The molecule has 14 rings (SSSR count). The van der Waals surface area contributed by atoms with Crippen LogP contribution in [-0.2, 0) is 5.41 Å². The highest BCUT2D eigenvalue weighted by atomic mass is 32.2. The number of fused-ring (bicyclic) bond motifs is 14. The lowest BCUT2D eigenvalue weighted by atomic mass is 9.59. The van der Waals surface area contributed by atoms with Gasteiger partial charge in [0.05, 0.1) is 16.4 Å². The van der Waals surface area contributed by atoms with Gasteiger partial charge in [0.15, 0.2) is 0 Å². The zero-order valence-corrected chi connectivity index (χ0v) is 34.8. The monoisotopic (exact) mass is 820 g/mol. The summed E-state index contributed by atoms with van der Waals surface area (Å²) in [6, 6.07) is 80.4. The summed E-state index contributed by atoms with van der Waals surface area (Å²) in [6.07, 6.45) is 0. The van der Waals surface area contributed by atoms with E-state index in [0.29, 0.717) is 0 Å². The molecular formula is C59H36N2OS. The van der Waals surface area contributed by atoms with Crippen molar-refractivity contribution in [2.75, 3.05) is 4.90 Å². The van der Waals surface area contributed by atoms with Gasteiger partial charge in [0.2, 0.25) is 0 Å². The molecule has 0 saturated heterocycles. The van der Waals surface area contributed by atoms with Crippen LogP contribution in [0.1, 0.15) is 22.3 Å². The molecule has 1 spiro atoms. The molecule has 2 aliphatic rings. The number of hydrogen-bond donors (Lipinski definition) is 0. The van der Waals surface area contributed by atoms with Crippen molar-refractivity contribution < 1.29 is 4.42 Å². The molecule has 4 heteroatoms. The molecule has 1 atom stereocenters. The normalized spacial score (nSPS) is 15.0. The van der Waals surface area contributed by atoms with Crippen molar-refractivity contribution in [3.05, 3.63) is 241 Å². The predicted octanol–water partition coefficient (Wildman–Crippen LogP) is 16.1. The van der Waals surface area contributed by atoms with Gasteiger partial charge in [0, 0.05) is 60.2 Å². The topological polar surface area (TPSA) is 21.3 Å². The SMILES string of the molecule is c1ccc(-n2c3ccccc3c3ccc(N(c4ccc5c(c4)Sc4ccccc4C54c5ccccc5-c5cccc6cccc4c56)c4ccc5c(c4)oc4ccccc45)cc32)cc1. The predicted molar refractivity (Wildman–Crippen MR) is 262 cm³/mol. The number of anilines is 3. The van der Waals surface area contributed by atoms with Gasteiger partial charge in [0.25, 0.3) is 0 Å².